The minimum absolute atomic E-state index is 0.215. The van der Waals surface area contributed by atoms with Gasteiger partial charge in [0, 0.05) is 11.1 Å². The number of rotatable bonds is 9. The third kappa shape index (κ3) is 5.75. The molecule has 34 heavy (non-hydrogen) atoms. The highest BCUT2D eigenvalue weighted by atomic mass is 79.9. The summed E-state index contributed by atoms with van der Waals surface area (Å²) in [4.78, 5) is 5.41. The van der Waals surface area contributed by atoms with Crippen molar-refractivity contribution < 1.29 is 14.3 Å². The molecule has 0 spiro atoms. The Morgan fingerprint density at radius 2 is 1.71 bits per heavy atom. The van der Waals surface area contributed by atoms with Crippen molar-refractivity contribution in [3.63, 3.8) is 0 Å². The summed E-state index contributed by atoms with van der Waals surface area (Å²) in [7, 11) is 0. The fourth-order valence-corrected chi connectivity index (χ4v) is 4.08. The molecule has 0 fully saturated rings. The van der Waals surface area contributed by atoms with Crippen LogP contribution in [0.1, 0.15) is 29.2 Å². The van der Waals surface area contributed by atoms with E-state index in [-0.39, 0.29) is 6.61 Å². The predicted octanol–water partition coefficient (Wildman–Crippen LogP) is 7.00. The van der Waals surface area contributed by atoms with E-state index in [1.165, 1.54) is 10.8 Å². The van der Waals surface area contributed by atoms with Crippen LogP contribution < -0.4 is 9.47 Å². The van der Waals surface area contributed by atoms with Gasteiger partial charge in [0.2, 0.25) is 0 Å². The van der Waals surface area contributed by atoms with Crippen LogP contribution in [0.3, 0.4) is 0 Å². The maximum atomic E-state index is 9.18. The first-order valence-corrected chi connectivity index (χ1v) is 11.7. The average molecular weight is 515 g/mol. The molecule has 0 unspecified atom stereocenters. The molecule has 170 valence electrons. The van der Waals surface area contributed by atoms with Crippen LogP contribution in [0.15, 0.2) is 88.5 Å². The van der Waals surface area contributed by atoms with E-state index >= 15 is 0 Å². The highest BCUT2D eigenvalue weighted by Gasteiger charge is 2.12. The summed E-state index contributed by atoms with van der Waals surface area (Å²) >= 11 is 3.60. The topological polar surface area (TPSA) is 63.8 Å². The van der Waals surface area contributed by atoms with Gasteiger partial charge in [0.05, 0.1) is 28.9 Å². The first kappa shape index (κ1) is 23.3. The molecule has 0 aliphatic heterocycles. The normalized spacial score (nSPS) is 10.9. The summed E-state index contributed by atoms with van der Waals surface area (Å²) in [5, 5.41) is 15.6. The summed E-state index contributed by atoms with van der Waals surface area (Å²) in [6, 6.07) is 27.7. The van der Waals surface area contributed by atoms with Gasteiger partial charge < -0.3 is 14.3 Å². The van der Waals surface area contributed by atoms with Crippen molar-refractivity contribution in [3.8, 4) is 17.6 Å². The van der Waals surface area contributed by atoms with Crippen LogP contribution >= 0.6 is 15.9 Å². The molecule has 0 bridgehead atoms. The van der Waals surface area contributed by atoms with Crippen molar-refractivity contribution in [2.75, 3.05) is 6.61 Å². The van der Waals surface area contributed by atoms with Gasteiger partial charge in [-0.05, 0) is 63.5 Å². The summed E-state index contributed by atoms with van der Waals surface area (Å²) in [5.74, 6) is 1.25. The van der Waals surface area contributed by atoms with E-state index in [1.54, 1.807) is 12.3 Å². The van der Waals surface area contributed by atoms with E-state index in [1.807, 2.05) is 49.4 Å². The van der Waals surface area contributed by atoms with Crippen molar-refractivity contribution >= 4 is 32.9 Å². The Bertz CT molecular complexity index is 1360. The molecule has 0 amide bonds. The minimum atomic E-state index is 0.215. The molecule has 0 saturated carbocycles. The monoisotopic (exact) mass is 514 g/mol. The van der Waals surface area contributed by atoms with E-state index in [0.717, 1.165) is 21.2 Å². The summed E-state index contributed by atoms with van der Waals surface area (Å²) < 4.78 is 12.7. The molecular weight excluding hydrogens is 492 g/mol. The standard InChI is InChI=1S/C28H23BrN2O3/c1-2-32-27-15-21(17-31-34-19-25-10-6-5-9-24(25)16-30)14-26(29)28(27)33-18-20-11-12-22-7-3-4-8-23(22)13-20/h3-15,17H,2,18-19H2,1H3/b31-17-. The van der Waals surface area contributed by atoms with E-state index < -0.39 is 0 Å². The number of fused-ring (bicyclic) bond motifs is 1. The molecule has 0 N–H and O–H groups in total. The largest absolute Gasteiger partial charge is 0.490 e. The van der Waals surface area contributed by atoms with Gasteiger partial charge in [0.15, 0.2) is 11.5 Å². The Hall–Kier alpha value is -3.82. The van der Waals surface area contributed by atoms with E-state index in [2.05, 4.69) is 57.5 Å². The summed E-state index contributed by atoms with van der Waals surface area (Å²) in [6.07, 6.45) is 1.61. The van der Waals surface area contributed by atoms with Crippen LogP contribution in [0.2, 0.25) is 0 Å². The van der Waals surface area contributed by atoms with Gasteiger partial charge in [0.1, 0.15) is 13.2 Å². The Morgan fingerprint density at radius 1 is 0.912 bits per heavy atom. The molecular formula is C28H23BrN2O3. The molecule has 5 nitrogen and oxygen atoms in total. The maximum absolute atomic E-state index is 9.18. The van der Waals surface area contributed by atoms with Crippen molar-refractivity contribution in [3.05, 3.63) is 106 Å². The van der Waals surface area contributed by atoms with Crippen LogP contribution in [0.25, 0.3) is 10.8 Å². The third-order valence-corrected chi connectivity index (χ3v) is 5.75. The highest BCUT2D eigenvalue weighted by Crippen LogP contribution is 2.37. The number of hydrogen-bond donors (Lipinski definition) is 0. The van der Waals surface area contributed by atoms with Gasteiger partial charge >= 0.3 is 0 Å². The van der Waals surface area contributed by atoms with Gasteiger partial charge in [-0.2, -0.15) is 5.26 Å². The molecule has 0 aliphatic rings. The second-order valence-corrected chi connectivity index (χ2v) is 8.36. The van der Waals surface area contributed by atoms with Crippen molar-refractivity contribution in [1.29, 1.82) is 5.26 Å². The number of nitriles is 1. The fourth-order valence-electron chi connectivity index (χ4n) is 3.51. The molecule has 0 radical (unpaired) electrons. The zero-order valence-electron chi connectivity index (χ0n) is 18.7. The molecule has 6 heteroatoms. The van der Waals surface area contributed by atoms with Crippen LogP contribution in [0.4, 0.5) is 0 Å². The van der Waals surface area contributed by atoms with Crippen molar-refractivity contribution in [2.24, 2.45) is 5.16 Å². The third-order valence-electron chi connectivity index (χ3n) is 5.16. The molecule has 0 saturated heterocycles. The lowest BCUT2D eigenvalue weighted by atomic mass is 10.1. The van der Waals surface area contributed by atoms with E-state index in [0.29, 0.717) is 30.3 Å². The zero-order chi connectivity index (χ0) is 23.8. The molecule has 4 aromatic rings. The number of nitrogens with zero attached hydrogens (tertiary/aromatic N) is 2. The van der Waals surface area contributed by atoms with Crippen LogP contribution in [-0.4, -0.2) is 12.8 Å². The zero-order valence-corrected chi connectivity index (χ0v) is 20.3. The lowest BCUT2D eigenvalue weighted by molar-refractivity contribution is 0.132. The quantitative estimate of drug-likeness (QED) is 0.178. The minimum Gasteiger partial charge on any atom is -0.490 e. The predicted molar refractivity (Wildman–Crippen MR) is 137 cm³/mol. The van der Waals surface area contributed by atoms with Gasteiger partial charge in [-0.25, -0.2) is 0 Å². The Morgan fingerprint density at radius 3 is 2.53 bits per heavy atom. The Kier molecular flexibility index (Phi) is 7.79. The highest BCUT2D eigenvalue weighted by molar-refractivity contribution is 9.10. The van der Waals surface area contributed by atoms with Gasteiger partial charge in [-0.3, -0.25) is 0 Å². The molecule has 4 rings (SSSR count). The van der Waals surface area contributed by atoms with Crippen molar-refractivity contribution in [1.82, 2.24) is 0 Å². The van der Waals surface area contributed by atoms with Crippen molar-refractivity contribution in [2.45, 2.75) is 20.1 Å². The number of hydrogen-bond acceptors (Lipinski definition) is 5. The number of halogens is 1. The fraction of sp³-hybridized carbons (Fsp3) is 0.143. The first-order valence-electron chi connectivity index (χ1n) is 10.9. The first-order chi connectivity index (χ1) is 16.7. The number of benzene rings is 4. The smallest absolute Gasteiger partial charge is 0.175 e. The second-order valence-electron chi connectivity index (χ2n) is 7.51. The summed E-state index contributed by atoms with van der Waals surface area (Å²) in [5.41, 5.74) is 3.23. The Balaban J connectivity index is 1.46. The average Bonchev–Trinajstić information content (AvgIpc) is 2.86. The van der Waals surface area contributed by atoms with Crippen LogP contribution in [0, 0.1) is 11.3 Å². The molecule has 0 atom stereocenters. The lowest BCUT2D eigenvalue weighted by Crippen LogP contribution is -2.01. The molecule has 0 aromatic heterocycles. The van der Waals surface area contributed by atoms with E-state index in [9.17, 15) is 5.26 Å². The summed E-state index contributed by atoms with van der Waals surface area (Å²) in [6.45, 7) is 3.06. The molecule has 4 aromatic carbocycles. The molecule has 0 heterocycles. The van der Waals surface area contributed by atoms with E-state index in [4.69, 9.17) is 14.3 Å². The second kappa shape index (κ2) is 11.4. The van der Waals surface area contributed by atoms with Crippen LogP contribution in [0.5, 0.6) is 11.5 Å². The van der Waals surface area contributed by atoms with Crippen LogP contribution in [-0.2, 0) is 18.1 Å². The molecule has 0 aliphatic carbocycles. The SMILES string of the molecule is CCOc1cc(/C=N\OCc2ccccc2C#N)cc(Br)c1OCc1ccc2ccccc2c1. The maximum Gasteiger partial charge on any atom is 0.175 e. The van der Waals surface area contributed by atoms with Gasteiger partial charge in [-0.15, -0.1) is 0 Å². The Labute approximate surface area is 207 Å². The number of oxime groups is 1. The number of ether oxygens (including phenoxy) is 2. The van der Waals surface area contributed by atoms with Gasteiger partial charge in [-0.1, -0.05) is 59.8 Å². The van der Waals surface area contributed by atoms with Gasteiger partial charge in [0.25, 0.3) is 0 Å². The lowest BCUT2D eigenvalue weighted by Gasteiger charge is -2.15.